The molecule has 1 aromatic rings. The molecule has 1 saturated heterocycles. The van der Waals surface area contributed by atoms with E-state index in [1.807, 2.05) is 6.07 Å². The third kappa shape index (κ3) is 6.69. The lowest BCUT2D eigenvalue weighted by Gasteiger charge is -2.32. The first kappa shape index (κ1) is 19.9. The smallest absolute Gasteiger partial charge is 0.317 e. The van der Waals surface area contributed by atoms with E-state index < -0.39 is 0 Å². The summed E-state index contributed by atoms with van der Waals surface area (Å²) >= 11 is 0. The molecule has 1 aliphatic heterocycles. The standard InChI is InChI=1S/C23H35N3O/c1-19(16-20-8-4-2-5-9-20)17-26(18-21-12-14-24-15-13-21)23(27)25-22-10-6-3-7-11-22/h2,4-5,8-9,16,21-22,24H,3,6-7,10-15,17-18H2,1H3,(H,25,27). The summed E-state index contributed by atoms with van der Waals surface area (Å²) in [5.41, 5.74) is 2.43. The van der Waals surface area contributed by atoms with Gasteiger partial charge in [-0.2, -0.15) is 0 Å². The summed E-state index contributed by atoms with van der Waals surface area (Å²) in [6.07, 6.45) is 10.6. The summed E-state index contributed by atoms with van der Waals surface area (Å²) in [6, 6.07) is 10.9. The predicted molar refractivity (Wildman–Crippen MR) is 113 cm³/mol. The number of rotatable bonds is 6. The van der Waals surface area contributed by atoms with Crippen molar-refractivity contribution < 1.29 is 4.79 Å². The number of benzene rings is 1. The van der Waals surface area contributed by atoms with Crippen LogP contribution in [0.4, 0.5) is 4.79 Å². The summed E-state index contributed by atoms with van der Waals surface area (Å²) in [5, 5.41) is 6.75. The minimum Gasteiger partial charge on any atom is -0.335 e. The van der Waals surface area contributed by atoms with Gasteiger partial charge in [0.15, 0.2) is 0 Å². The van der Waals surface area contributed by atoms with E-state index in [2.05, 4.69) is 52.8 Å². The topological polar surface area (TPSA) is 44.4 Å². The summed E-state index contributed by atoms with van der Waals surface area (Å²) in [4.78, 5) is 15.1. The van der Waals surface area contributed by atoms with Crippen LogP contribution in [0, 0.1) is 5.92 Å². The Balaban J connectivity index is 1.64. The molecule has 4 nitrogen and oxygen atoms in total. The van der Waals surface area contributed by atoms with Gasteiger partial charge in [0.1, 0.15) is 0 Å². The van der Waals surface area contributed by atoms with Gasteiger partial charge >= 0.3 is 6.03 Å². The zero-order valence-corrected chi connectivity index (χ0v) is 16.8. The first-order chi connectivity index (χ1) is 13.2. The lowest BCUT2D eigenvalue weighted by atomic mass is 9.95. The molecule has 148 valence electrons. The summed E-state index contributed by atoms with van der Waals surface area (Å²) in [5.74, 6) is 0.605. The molecule has 0 spiro atoms. The summed E-state index contributed by atoms with van der Waals surface area (Å²) in [6.45, 7) is 5.84. The Labute approximate surface area is 164 Å². The van der Waals surface area contributed by atoms with Gasteiger partial charge < -0.3 is 15.5 Å². The number of amides is 2. The number of nitrogens with one attached hydrogen (secondary N) is 2. The second-order valence-electron chi connectivity index (χ2n) is 8.26. The third-order valence-electron chi connectivity index (χ3n) is 5.81. The lowest BCUT2D eigenvalue weighted by Crippen LogP contribution is -2.48. The quantitative estimate of drug-likeness (QED) is 0.779. The van der Waals surface area contributed by atoms with Crippen LogP contribution in [0.3, 0.4) is 0 Å². The van der Waals surface area contributed by atoms with Gasteiger partial charge in [-0.1, -0.05) is 61.2 Å². The SMILES string of the molecule is CC(=Cc1ccccc1)CN(CC1CCNCC1)C(=O)NC1CCCCC1. The Bertz CT molecular complexity index is 601. The van der Waals surface area contributed by atoms with Crippen LogP contribution < -0.4 is 10.6 Å². The van der Waals surface area contributed by atoms with Crippen molar-refractivity contribution in [3.05, 3.63) is 41.5 Å². The molecule has 1 saturated carbocycles. The predicted octanol–water partition coefficient (Wildman–Crippen LogP) is 4.43. The van der Waals surface area contributed by atoms with Gasteiger partial charge in [-0.05, 0) is 57.2 Å². The minimum absolute atomic E-state index is 0.126. The highest BCUT2D eigenvalue weighted by atomic mass is 16.2. The van der Waals surface area contributed by atoms with Crippen molar-refractivity contribution in [1.29, 1.82) is 0 Å². The van der Waals surface area contributed by atoms with E-state index in [1.54, 1.807) is 0 Å². The number of nitrogens with zero attached hydrogens (tertiary/aromatic N) is 1. The second-order valence-corrected chi connectivity index (χ2v) is 8.26. The Hall–Kier alpha value is -1.81. The van der Waals surface area contributed by atoms with Crippen molar-refractivity contribution in [2.24, 2.45) is 5.92 Å². The molecular formula is C23H35N3O. The Morgan fingerprint density at radius 2 is 1.81 bits per heavy atom. The first-order valence-electron chi connectivity index (χ1n) is 10.7. The third-order valence-corrected chi connectivity index (χ3v) is 5.81. The summed E-state index contributed by atoms with van der Waals surface area (Å²) < 4.78 is 0. The molecule has 2 fully saturated rings. The van der Waals surface area contributed by atoms with Crippen LogP contribution in [0.2, 0.25) is 0 Å². The maximum atomic E-state index is 13.0. The van der Waals surface area contributed by atoms with E-state index in [0.717, 1.165) is 45.3 Å². The van der Waals surface area contributed by atoms with Crippen molar-refractivity contribution in [2.75, 3.05) is 26.2 Å². The molecule has 3 rings (SSSR count). The molecular weight excluding hydrogens is 334 g/mol. The molecule has 2 amide bonds. The average Bonchev–Trinajstić information content (AvgIpc) is 2.70. The molecule has 1 heterocycles. The van der Waals surface area contributed by atoms with Gasteiger partial charge in [0.05, 0.1) is 0 Å². The molecule has 0 radical (unpaired) electrons. The van der Waals surface area contributed by atoms with E-state index >= 15 is 0 Å². The zero-order chi connectivity index (χ0) is 18.9. The highest BCUT2D eigenvalue weighted by Crippen LogP contribution is 2.19. The molecule has 0 bridgehead atoms. The van der Waals surface area contributed by atoms with Crippen molar-refractivity contribution in [3.63, 3.8) is 0 Å². The van der Waals surface area contributed by atoms with Crippen LogP contribution in [0.5, 0.6) is 0 Å². The fraction of sp³-hybridized carbons (Fsp3) is 0.609. The van der Waals surface area contributed by atoms with Crippen LogP contribution >= 0.6 is 0 Å². The molecule has 4 heteroatoms. The van der Waals surface area contributed by atoms with E-state index in [-0.39, 0.29) is 6.03 Å². The van der Waals surface area contributed by atoms with Crippen LogP contribution in [-0.2, 0) is 0 Å². The number of piperidine rings is 1. The van der Waals surface area contributed by atoms with E-state index in [4.69, 9.17) is 0 Å². The van der Waals surface area contributed by atoms with Crippen LogP contribution in [0.1, 0.15) is 57.4 Å². The monoisotopic (exact) mass is 369 g/mol. The zero-order valence-electron chi connectivity index (χ0n) is 16.8. The van der Waals surface area contributed by atoms with Gasteiger partial charge in [-0.25, -0.2) is 4.79 Å². The molecule has 1 aromatic carbocycles. The molecule has 0 aromatic heterocycles. The lowest BCUT2D eigenvalue weighted by molar-refractivity contribution is 0.178. The maximum absolute atomic E-state index is 13.0. The molecule has 27 heavy (non-hydrogen) atoms. The Kier molecular flexibility index (Phi) is 7.76. The van der Waals surface area contributed by atoms with Gasteiger partial charge in [0, 0.05) is 19.1 Å². The van der Waals surface area contributed by atoms with Crippen LogP contribution in [-0.4, -0.2) is 43.2 Å². The van der Waals surface area contributed by atoms with E-state index in [9.17, 15) is 4.79 Å². The molecule has 2 N–H and O–H groups in total. The van der Waals surface area contributed by atoms with Crippen LogP contribution in [0.25, 0.3) is 6.08 Å². The number of urea groups is 1. The normalized spacial score (nSPS) is 19.7. The molecule has 1 aliphatic carbocycles. The van der Waals surface area contributed by atoms with Gasteiger partial charge in [-0.15, -0.1) is 0 Å². The molecule has 0 atom stereocenters. The maximum Gasteiger partial charge on any atom is 0.317 e. The molecule has 0 unspecified atom stereocenters. The highest BCUT2D eigenvalue weighted by molar-refractivity contribution is 5.75. The molecule has 2 aliphatic rings. The first-order valence-corrected chi connectivity index (χ1v) is 10.7. The number of hydrogen-bond acceptors (Lipinski definition) is 2. The van der Waals surface area contributed by atoms with Gasteiger partial charge in [-0.3, -0.25) is 0 Å². The largest absolute Gasteiger partial charge is 0.335 e. The second kappa shape index (κ2) is 10.5. The fourth-order valence-electron chi connectivity index (χ4n) is 4.29. The Morgan fingerprint density at radius 1 is 1.11 bits per heavy atom. The number of hydrogen-bond donors (Lipinski definition) is 2. The van der Waals surface area contributed by atoms with Crippen molar-refractivity contribution in [3.8, 4) is 0 Å². The van der Waals surface area contributed by atoms with Gasteiger partial charge in [0.2, 0.25) is 0 Å². The van der Waals surface area contributed by atoms with Gasteiger partial charge in [0.25, 0.3) is 0 Å². The van der Waals surface area contributed by atoms with E-state index in [1.165, 1.54) is 30.4 Å². The van der Waals surface area contributed by atoms with Crippen molar-refractivity contribution in [2.45, 2.75) is 57.9 Å². The Morgan fingerprint density at radius 3 is 2.52 bits per heavy atom. The van der Waals surface area contributed by atoms with Crippen molar-refractivity contribution in [1.82, 2.24) is 15.5 Å². The van der Waals surface area contributed by atoms with Crippen LogP contribution in [0.15, 0.2) is 35.9 Å². The highest BCUT2D eigenvalue weighted by Gasteiger charge is 2.23. The number of carbonyl (C=O) groups is 1. The average molecular weight is 370 g/mol. The minimum atomic E-state index is 0.126. The summed E-state index contributed by atoms with van der Waals surface area (Å²) in [7, 11) is 0. The van der Waals surface area contributed by atoms with Crippen molar-refractivity contribution >= 4 is 12.1 Å². The fourth-order valence-corrected chi connectivity index (χ4v) is 4.29. The van der Waals surface area contributed by atoms with E-state index in [0.29, 0.717) is 18.5 Å². The number of carbonyl (C=O) groups excluding carboxylic acids is 1.